The topological polar surface area (TPSA) is 34.0 Å². The van der Waals surface area contributed by atoms with Crippen LogP contribution in [-0.2, 0) is 13.6 Å². The third-order valence-corrected chi connectivity index (χ3v) is 3.82. The van der Waals surface area contributed by atoms with Crippen molar-refractivity contribution in [1.29, 1.82) is 0 Å². The Morgan fingerprint density at radius 3 is 2.82 bits per heavy atom. The van der Waals surface area contributed by atoms with Crippen molar-refractivity contribution in [2.75, 3.05) is 0 Å². The van der Waals surface area contributed by atoms with Gasteiger partial charge in [0.2, 0.25) is 0 Å². The molecular formula is C17H14ClFN2O. The van der Waals surface area contributed by atoms with Gasteiger partial charge in [0, 0.05) is 29.5 Å². The molecule has 5 heteroatoms. The third kappa shape index (κ3) is 2.83. The summed E-state index contributed by atoms with van der Waals surface area (Å²) in [5.41, 5.74) is 2.15. The average Bonchev–Trinajstić information content (AvgIpc) is 2.82. The first-order chi connectivity index (χ1) is 10.5. The molecule has 0 fully saturated rings. The molecule has 0 saturated carbocycles. The molecule has 2 aromatic carbocycles. The number of nitrogens with one attached hydrogen (secondary N) is 1. The first-order valence-electron chi connectivity index (χ1n) is 6.82. The number of carbonyl (C=O) groups is 1. The molecule has 0 bridgehead atoms. The van der Waals surface area contributed by atoms with Gasteiger partial charge in [-0.1, -0.05) is 29.8 Å². The third-order valence-electron chi connectivity index (χ3n) is 3.58. The number of hydrogen-bond donors (Lipinski definition) is 1. The van der Waals surface area contributed by atoms with Gasteiger partial charge in [-0.05, 0) is 35.9 Å². The normalized spacial score (nSPS) is 10.9. The fourth-order valence-corrected chi connectivity index (χ4v) is 2.61. The van der Waals surface area contributed by atoms with Gasteiger partial charge < -0.3 is 9.88 Å². The predicted molar refractivity (Wildman–Crippen MR) is 85.5 cm³/mol. The van der Waals surface area contributed by atoms with Crippen molar-refractivity contribution in [1.82, 2.24) is 9.88 Å². The molecule has 1 amide bonds. The predicted octanol–water partition coefficient (Wildman–Crippen LogP) is 3.90. The lowest BCUT2D eigenvalue weighted by Gasteiger charge is -2.07. The fraction of sp³-hybridized carbons (Fsp3) is 0.118. The highest BCUT2D eigenvalue weighted by Gasteiger charge is 2.13. The van der Waals surface area contributed by atoms with Crippen LogP contribution in [-0.4, -0.2) is 10.5 Å². The maximum atomic E-state index is 13.1. The summed E-state index contributed by atoms with van der Waals surface area (Å²) in [4.78, 5) is 12.3. The Kier molecular flexibility index (Phi) is 3.86. The molecule has 0 radical (unpaired) electrons. The maximum absolute atomic E-state index is 13.1. The van der Waals surface area contributed by atoms with Crippen LogP contribution < -0.4 is 5.32 Å². The van der Waals surface area contributed by atoms with E-state index in [1.54, 1.807) is 22.8 Å². The second-order valence-electron chi connectivity index (χ2n) is 5.10. The number of halogens is 2. The van der Waals surface area contributed by atoms with Crippen LogP contribution in [0.4, 0.5) is 4.39 Å². The molecule has 3 rings (SSSR count). The summed E-state index contributed by atoms with van der Waals surface area (Å²) in [7, 11) is 1.82. The van der Waals surface area contributed by atoms with Gasteiger partial charge in [0.05, 0.1) is 0 Å². The monoisotopic (exact) mass is 316 g/mol. The summed E-state index contributed by atoms with van der Waals surface area (Å²) in [6, 6.07) is 13.5. The van der Waals surface area contributed by atoms with Gasteiger partial charge in [-0.25, -0.2) is 4.39 Å². The van der Waals surface area contributed by atoms with Crippen molar-refractivity contribution in [3.63, 3.8) is 0 Å². The molecule has 3 nitrogen and oxygen atoms in total. The molecule has 22 heavy (non-hydrogen) atoms. The Bertz CT molecular complexity index is 857. The van der Waals surface area contributed by atoms with E-state index in [1.807, 2.05) is 25.2 Å². The molecule has 1 aromatic heterocycles. The minimum absolute atomic E-state index is 0.209. The molecule has 0 aliphatic heterocycles. The number of fused-ring (bicyclic) bond motifs is 1. The Morgan fingerprint density at radius 2 is 2.05 bits per heavy atom. The molecule has 3 aromatic rings. The van der Waals surface area contributed by atoms with Crippen LogP contribution in [0, 0.1) is 5.82 Å². The number of nitrogens with zero attached hydrogens (tertiary/aromatic N) is 1. The van der Waals surface area contributed by atoms with E-state index >= 15 is 0 Å². The van der Waals surface area contributed by atoms with E-state index in [9.17, 15) is 9.18 Å². The Balaban J connectivity index is 1.82. The second-order valence-corrected chi connectivity index (χ2v) is 5.54. The van der Waals surface area contributed by atoms with E-state index < -0.39 is 0 Å². The molecule has 0 saturated heterocycles. The van der Waals surface area contributed by atoms with E-state index in [-0.39, 0.29) is 18.3 Å². The highest BCUT2D eigenvalue weighted by molar-refractivity contribution is 6.31. The largest absolute Gasteiger partial charge is 0.347 e. The summed E-state index contributed by atoms with van der Waals surface area (Å²) in [5, 5.41) is 4.37. The first kappa shape index (κ1) is 14.6. The van der Waals surface area contributed by atoms with Gasteiger partial charge in [-0.15, -0.1) is 0 Å². The number of aryl methyl sites for hydroxylation is 1. The molecule has 0 atom stereocenters. The number of benzene rings is 2. The summed E-state index contributed by atoms with van der Waals surface area (Å²) < 4.78 is 14.9. The quantitative estimate of drug-likeness (QED) is 0.781. The number of carbonyl (C=O) groups excluding carboxylic acids is 1. The molecule has 1 N–H and O–H groups in total. The molecule has 1 heterocycles. The van der Waals surface area contributed by atoms with Crippen molar-refractivity contribution in [3.8, 4) is 0 Å². The van der Waals surface area contributed by atoms with Crippen LogP contribution in [0.25, 0.3) is 10.9 Å². The van der Waals surface area contributed by atoms with Crippen molar-refractivity contribution < 1.29 is 9.18 Å². The molecule has 0 spiro atoms. The lowest BCUT2D eigenvalue weighted by atomic mass is 10.2. The molecule has 0 aliphatic carbocycles. The SMILES string of the molecule is Cn1c(C(=O)NCc2cccc(F)c2)cc2ccc(Cl)cc21. The highest BCUT2D eigenvalue weighted by atomic mass is 35.5. The van der Waals surface area contributed by atoms with Gasteiger partial charge in [0.25, 0.3) is 5.91 Å². The van der Waals surface area contributed by atoms with Crippen molar-refractivity contribution in [2.45, 2.75) is 6.54 Å². The van der Waals surface area contributed by atoms with E-state index in [0.29, 0.717) is 10.7 Å². The van der Waals surface area contributed by atoms with Crippen molar-refractivity contribution >= 4 is 28.4 Å². The van der Waals surface area contributed by atoms with E-state index in [4.69, 9.17) is 11.6 Å². The smallest absolute Gasteiger partial charge is 0.268 e. The second kappa shape index (κ2) is 5.81. The standard InChI is InChI=1S/C17H14ClFN2O/c1-21-15-9-13(18)6-5-12(15)8-16(21)17(22)20-10-11-3-2-4-14(19)7-11/h2-9H,10H2,1H3,(H,20,22). The van der Waals surface area contributed by atoms with Gasteiger partial charge in [-0.2, -0.15) is 0 Å². The number of rotatable bonds is 3. The Labute approximate surface area is 132 Å². The maximum Gasteiger partial charge on any atom is 0.268 e. The number of amides is 1. The van der Waals surface area contributed by atoms with Crippen molar-refractivity contribution in [2.24, 2.45) is 7.05 Å². The van der Waals surface area contributed by atoms with Crippen LogP contribution >= 0.6 is 11.6 Å². The van der Waals surface area contributed by atoms with Crippen LogP contribution in [0.1, 0.15) is 16.1 Å². The zero-order chi connectivity index (χ0) is 15.7. The van der Waals surface area contributed by atoms with Crippen LogP contribution in [0.3, 0.4) is 0 Å². The highest BCUT2D eigenvalue weighted by Crippen LogP contribution is 2.22. The molecule has 0 aliphatic rings. The van der Waals surface area contributed by atoms with E-state index in [0.717, 1.165) is 16.5 Å². The van der Waals surface area contributed by atoms with E-state index in [1.165, 1.54) is 12.1 Å². The molecule has 112 valence electrons. The lowest BCUT2D eigenvalue weighted by molar-refractivity contribution is 0.0943. The van der Waals surface area contributed by atoms with Gasteiger partial charge in [0.15, 0.2) is 0 Å². The summed E-state index contributed by atoms with van der Waals surface area (Å²) >= 11 is 5.99. The van der Waals surface area contributed by atoms with Crippen LogP contribution in [0.5, 0.6) is 0 Å². The Hall–Kier alpha value is -2.33. The van der Waals surface area contributed by atoms with E-state index in [2.05, 4.69) is 5.32 Å². The minimum atomic E-state index is -0.314. The molecule has 0 unspecified atom stereocenters. The fourth-order valence-electron chi connectivity index (χ4n) is 2.44. The zero-order valence-electron chi connectivity index (χ0n) is 11.9. The lowest BCUT2D eigenvalue weighted by Crippen LogP contribution is -2.24. The van der Waals surface area contributed by atoms with Gasteiger partial charge >= 0.3 is 0 Å². The summed E-state index contributed by atoms with van der Waals surface area (Å²) in [6.07, 6.45) is 0. The summed E-state index contributed by atoms with van der Waals surface area (Å²) in [6.45, 7) is 0.277. The summed E-state index contributed by atoms with van der Waals surface area (Å²) in [5.74, 6) is -0.523. The van der Waals surface area contributed by atoms with Gasteiger partial charge in [0.1, 0.15) is 11.5 Å². The first-order valence-corrected chi connectivity index (χ1v) is 7.20. The number of hydrogen-bond acceptors (Lipinski definition) is 1. The van der Waals surface area contributed by atoms with Crippen LogP contribution in [0.2, 0.25) is 5.02 Å². The van der Waals surface area contributed by atoms with Crippen molar-refractivity contribution in [3.05, 3.63) is 70.6 Å². The van der Waals surface area contributed by atoms with Gasteiger partial charge in [-0.3, -0.25) is 4.79 Å². The minimum Gasteiger partial charge on any atom is -0.347 e. The van der Waals surface area contributed by atoms with Crippen LogP contribution in [0.15, 0.2) is 48.5 Å². The molecular weight excluding hydrogens is 303 g/mol. The average molecular weight is 317 g/mol. The number of aromatic nitrogens is 1. The Morgan fingerprint density at radius 1 is 1.23 bits per heavy atom. The zero-order valence-corrected chi connectivity index (χ0v) is 12.7.